The van der Waals surface area contributed by atoms with Crippen LogP contribution in [0.1, 0.15) is 24.2 Å². The van der Waals surface area contributed by atoms with Crippen molar-refractivity contribution < 1.29 is 19.4 Å². The van der Waals surface area contributed by atoms with Gasteiger partial charge in [-0.25, -0.2) is 0 Å². The monoisotopic (exact) mass is 346 g/mol. The molecule has 0 radical (unpaired) electrons. The lowest BCUT2D eigenvalue weighted by molar-refractivity contribution is -0.142. The molecule has 0 bridgehead atoms. The number of rotatable bonds is 4. The highest BCUT2D eigenvalue weighted by atomic mass is 16.5. The highest BCUT2D eigenvalue weighted by Crippen LogP contribution is 2.31. The Balaban J connectivity index is 1.76. The summed E-state index contributed by atoms with van der Waals surface area (Å²) in [7, 11) is 0. The number of amides is 1. The molecule has 3 rings (SSSR count). The fourth-order valence-corrected chi connectivity index (χ4v) is 3.77. The molecule has 1 N–H and O–H groups in total. The maximum absolute atomic E-state index is 12.9. The molecule has 25 heavy (non-hydrogen) atoms. The Morgan fingerprint density at radius 1 is 1.20 bits per heavy atom. The van der Waals surface area contributed by atoms with E-state index in [0.29, 0.717) is 31.9 Å². The molecule has 0 aliphatic carbocycles. The number of hydrogen-bond donors (Lipinski definition) is 1. The van der Waals surface area contributed by atoms with Gasteiger partial charge in [-0.15, -0.1) is 0 Å². The van der Waals surface area contributed by atoms with Crippen molar-refractivity contribution in [3.05, 3.63) is 29.8 Å². The normalized spacial score (nSPS) is 24.0. The van der Waals surface area contributed by atoms with E-state index in [1.807, 2.05) is 38.1 Å². The lowest BCUT2D eigenvalue weighted by Gasteiger charge is -2.29. The van der Waals surface area contributed by atoms with Gasteiger partial charge in [-0.3, -0.25) is 9.59 Å². The van der Waals surface area contributed by atoms with E-state index in [9.17, 15) is 14.7 Å². The van der Waals surface area contributed by atoms with E-state index < -0.39 is 11.9 Å². The third-order valence-corrected chi connectivity index (χ3v) is 5.30. The second kappa shape index (κ2) is 7.44. The average molecular weight is 346 g/mol. The Morgan fingerprint density at radius 2 is 1.92 bits per heavy atom. The zero-order valence-electron chi connectivity index (χ0n) is 14.9. The Labute approximate surface area is 148 Å². The van der Waals surface area contributed by atoms with Crippen LogP contribution in [0.5, 0.6) is 0 Å². The van der Waals surface area contributed by atoms with Crippen LogP contribution in [0.3, 0.4) is 0 Å². The molecule has 2 saturated heterocycles. The fourth-order valence-electron chi connectivity index (χ4n) is 3.77. The van der Waals surface area contributed by atoms with E-state index in [0.717, 1.165) is 18.8 Å². The van der Waals surface area contributed by atoms with Gasteiger partial charge >= 0.3 is 5.97 Å². The number of ether oxygens (including phenoxy) is 1. The van der Waals surface area contributed by atoms with Crippen LogP contribution in [0.15, 0.2) is 24.3 Å². The lowest BCUT2D eigenvalue weighted by Crippen LogP contribution is -2.36. The van der Waals surface area contributed by atoms with Crippen molar-refractivity contribution in [2.24, 2.45) is 17.8 Å². The first-order valence-corrected chi connectivity index (χ1v) is 8.92. The van der Waals surface area contributed by atoms with Crippen LogP contribution in [-0.2, 0) is 9.53 Å². The highest BCUT2D eigenvalue weighted by molar-refractivity contribution is 5.95. The third-order valence-electron chi connectivity index (χ3n) is 5.30. The standard InChI is InChI=1S/C19H26N2O4/c1-13(2)16-11-21(12-17(16)19(23)24)18(22)14-4-3-5-15(10-14)20-6-8-25-9-7-20/h3-5,10,13,16-17H,6-9,11-12H2,1-2H3,(H,23,24)/t16-,17+/m0/s1. The minimum Gasteiger partial charge on any atom is -0.481 e. The lowest BCUT2D eigenvalue weighted by atomic mass is 9.86. The van der Waals surface area contributed by atoms with Gasteiger partial charge in [0.05, 0.1) is 19.1 Å². The molecule has 2 aliphatic heterocycles. The van der Waals surface area contributed by atoms with Crippen molar-refractivity contribution in [2.45, 2.75) is 13.8 Å². The number of nitrogens with zero attached hydrogens (tertiary/aromatic N) is 2. The zero-order valence-corrected chi connectivity index (χ0v) is 14.9. The summed E-state index contributed by atoms with van der Waals surface area (Å²) in [4.78, 5) is 28.3. The van der Waals surface area contributed by atoms with Crippen LogP contribution >= 0.6 is 0 Å². The molecule has 0 spiro atoms. The van der Waals surface area contributed by atoms with Gasteiger partial charge in [0.25, 0.3) is 5.91 Å². The van der Waals surface area contributed by atoms with Crippen molar-refractivity contribution in [3.63, 3.8) is 0 Å². The summed E-state index contributed by atoms with van der Waals surface area (Å²) in [5.74, 6) is -1.13. The molecule has 2 fully saturated rings. The number of carboxylic acid groups (broad SMARTS) is 1. The van der Waals surface area contributed by atoms with E-state index in [2.05, 4.69) is 4.90 Å². The molecular weight excluding hydrogens is 320 g/mol. The number of likely N-dealkylation sites (tertiary alicyclic amines) is 1. The van der Waals surface area contributed by atoms with Crippen molar-refractivity contribution in [1.82, 2.24) is 4.90 Å². The van der Waals surface area contributed by atoms with E-state index in [-0.39, 0.29) is 17.7 Å². The first kappa shape index (κ1) is 17.7. The zero-order chi connectivity index (χ0) is 18.0. The van der Waals surface area contributed by atoms with Gasteiger partial charge in [-0.2, -0.15) is 0 Å². The summed E-state index contributed by atoms with van der Waals surface area (Å²) in [5.41, 5.74) is 1.64. The molecule has 2 aliphatic rings. The number of carboxylic acids is 1. The van der Waals surface area contributed by atoms with Crippen LogP contribution in [-0.4, -0.2) is 61.3 Å². The Morgan fingerprint density at radius 3 is 2.52 bits per heavy atom. The number of aliphatic carboxylic acids is 1. The number of carbonyl (C=O) groups excluding carboxylic acids is 1. The number of benzene rings is 1. The summed E-state index contributed by atoms with van der Waals surface area (Å²) in [6.07, 6.45) is 0. The quantitative estimate of drug-likeness (QED) is 0.902. The summed E-state index contributed by atoms with van der Waals surface area (Å²) in [5, 5.41) is 9.46. The minimum absolute atomic E-state index is 0.00359. The van der Waals surface area contributed by atoms with Crippen molar-refractivity contribution in [1.29, 1.82) is 0 Å². The average Bonchev–Trinajstić information content (AvgIpc) is 3.08. The minimum atomic E-state index is -0.809. The summed E-state index contributed by atoms with van der Waals surface area (Å²) in [6.45, 7) is 7.87. The van der Waals surface area contributed by atoms with Gasteiger partial charge in [-0.05, 0) is 30.0 Å². The van der Waals surface area contributed by atoms with Crippen molar-refractivity contribution >= 4 is 17.6 Å². The maximum atomic E-state index is 12.9. The van der Waals surface area contributed by atoms with Gasteiger partial charge in [0.1, 0.15) is 0 Å². The highest BCUT2D eigenvalue weighted by Gasteiger charge is 2.41. The summed E-state index contributed by atoms with van der Waals surface area (Å²) < 4.78 is 5.38. The van der Waals surface area contributed by atoms with Crippen LogP contribution in [0, 0.1) is 17.8 Å². The van der Waals surface area contributed by atoms with Crippen LogP contribution in [0.2, 0.25) is 0 Å². The maximum Gasteiger partial charge on any atom is 0.308 e. The first-order valence-electron chi connectivity index (χ1n) is 8.92. The molecule has 6 heteroatoms. The van der Waals surface area contributed by atoms with E-state index >= 15 is 0 Å². The van der Waals surface area contributed by atoms with E-state index in [1.165, 1.54) is 0 Å². The number of anilines is 1. The second-order valence-corrected chi connectivity index (χ2v) is 7.21. The number of carbonyl (C=O) groups is 2. The molecule has 2 heterocycles. The molecule has 1 aromatic rings. The molecule has 0 unspecified atom stereocenters. The Bertz CT molecular complexity index is 640. The molecule has 136 valence electrons. The first-order chi connectivity index (χ1) is 12.0. The van der Waals surface area contributed by atoms with Gasteiger partial charge in [0.2, 0.25) is 0 Å². The van der Waals surface area contributed by atoms with Crippen molar-refractivity contribution in [2.75, 3.05) is 44.3 Å². The number of morpholine rings is 1. The largest absolute Gasteiger partial charge is 0.481 e. The smallest absolute Gasteiger partial charge is 0.308 e. The Hall–Kier alpha value is -2.08. The topological polar surface area (TPSA) is 70.1 Å². The molecule has 1 aromatic carbocycles. The SMILES string of the molecule is CC(C)[C@@H]1CN(C(=O)c2cccc(N3CCOCC3)c2)C[C@H]1C(=O)O. The van der Waals surface area contributed by atoms with Gasteiger partial charge < -0.3 is 19.6 Å². The van der Waals surface area contributed by atoms with E-state index in [1.54, 1.807) is 4.90 Å². The molecule has 2 atom stereocenters. The third kappa shape index (κ3) is 3.79. The fraction of sp³-hybridized carbons (Fsp3) is 0.579. The van der Waals surface area contributed by atoms with Crippen LogP contribution < -0.4 is 4.90 Å². The van der Waals surface area contributed by atoms with Crippen molar-refractivity contribution in [3.8, 4) is 0 Å². The second-order valence-electron chi connectivity index (χ2n) is 7.21. The molecule has 6 nitrogen and oxygen atoms in total. The van der Waals surface area contributed by atoms with E-state index in [4.69, 9.17) is 4.74 Å². The predicted molar refractivity (Wildman–Crippen MR) is 94.8 cm³/mol. The molecule has 0 aromatic heterocycles. The van der Waals surface area contributed by atoms with Gasteiger partial charge in [0, 0.05) is 37.4 Å². The molecule has 0 saturated carbocycles. The predicted octanol–water partition coefficient (Wildman–Crippen LogP) is 1.95. The van der Waals surface area contributed by atoms with Crippen LogP contribution in [0.25, 0.3) is 0 Å². The van der Waals surface area contributed by atoms with Gasteiger partial charge in [-0.1, -0.05) is 19.9 Å². The Kier molecular flexibility index (Phi) is 5.27. The summed E-state index contributed by atoms with van der Waals surface area (Å²) >= 11 is 0. The van der Waals surface area contributed by atoms with Crippen LogP contribution in [0.4, 0.5) is 5.69 Å². The summed E-state index contributed by atoms with van der Waals surface area (Å²) in [6, 6.07) is 7.61. The molecule has 1 amide bonds. The molecular formula is C19H26N2O4. The van der Waals surface area contributed by atoms with Gasteiger partial charge in [0.15, 0.2) is 0 Å². The number of hydrogen-bond acceptors (Lipinski definition) is 4.